The van der Waals surface area contributed by atoms with Crippen molar-refractivity contribution in [2.45, 2.75) is 39.5 Å². The molecule has 0 fully saturated rings. The van der Waals surface area contributed by atoms with E-state index in [1.165, 1.54) is 0 Å². The van der Waals surface area contributed by atoms with Crippen molar-refractivity contribution in [3.05, 3.63) is 11.4 Å². The Bertz CT molecular complexity index is 335. The average molecular weight is 209 g/mol. The number of aromatic nitrogens is 2. The highest BCUT2D eigenvalue weighted by Gasteiger charge is 2.15. The number of hydrogen-bond donors (Lipinski definition) is 1. The zero-order chi connectivity index (χ0) is 11.4. The molecule has 1 heterocycles. The Morgan fingerprint density at radius 3 is 2.33 bits per heavy atom. The van der Waals surface area contributed by atoms with Crippen LogP contribution in [0, 0.1) is 6.92 Å². The summed E-state index contributed by atoms with van der Waals surface area (Å²) in [6.45, 7) is 6.24. The number of methoxy groups -OCH3 is 1. The third-order valence-corrected chi connectivity index (χ3v) is 2.67. The minimum absolute atomic E-state index is 0.365. The molecule has 0 spiro atoms. The van der Waals surface area contributed by atoms with Crippen molar-refractivity contribution in [2.24, 2.45) is 0 Å². The highest BCUT2D eigenvalue weighted by atomic mass is 16.5. The monoisotopic (exact) mass is 209 g/mol. The normalized spacial score (nSPS) is 10.7. The van der Waals surface area contributed by atoms with Crippen molar-refractivity contribution >= 4 is 5.82 Å². The van der Waals surface area contributed by atoms with Gasteiger partial charge in [-0.2, -0.15) is 0 Å². The maximum absolute atomic E-state index is 5.69. The molecule has 0 aliphatic carbocycles. The topological polar surface area (TPSA) is 61.0 Å². The summed E-state index contributed by atoms with van der Waals surface area (Å²) in [7, 11) is 1.56. The predicted molar refractivity (Wildman–Crippen MR) is 61.1 cm³/mol. The molecule has 0 atom stereocenters. The molecule has 0 bridgehead atoms. The average Bonchev–Trinajstić information content (AvgIpc) is 2.22. The van der Waals surface area contributed by atoms with Crippen molar-refractivity contribution in [1.29, 1.82) is 0 Å². The lowest BCUT2D eigenvalue weighted by Crippen LogP contribution is -2.08. The molecule has 0 aliphatic heterocycles. The van der Waals surface area contributed by atoms with Crippen LogP contribution in [0.3, 0.4) is 0 Å². The molecule has 0 radical (unpaired) electrons. The molecule has 1 aromatic heterocycles. The third-order valence-electron chi connectivity index (χ3n) is 2.67. The van der Waals surface area contributed by atoms with Crippen LogP contribution in [-0.2, 0) is 0 Å². The van der Waals surface area contributed by atoms with Crippen molar-refractivity contribution in [2.75, 3.05) is 12.8 Å². The Morgan fingerprint density at radius 2 is 1.87 bits per heavy atom. The molecule has 0 saturated carbocycles. The van der Waals surface area contributed by atoms with E-state index in [0.29, 0.717) is 17.6 Å². The fourth-order valence-corrected chi connectivity index (χ4v) is 1.75. The van der Waals surface area contributed by atoms with Gasteiger partial charge in [0.15, 0.2) is 5.82 Å². The van der Waals surface area contributed by atoms with Gasteiger partial charge in [-0.3, -0.25) is 0 Å². The van der Waals surface area contributed by atoms with Crippen molar-refractivity contribution < 1.29 is 4.74 Å². The minimum atomic E-state index is 0.365. The Morgan fingerprint density at radius 1 is 1.27 bits per heavy atom. The van der Waals surface area contributed by atoms with Crippen molar-refractivity contribution in [1.82, 2.24) is 9.97 Å². The Balaban J connectivity index is 3.17. The lowest BCUT2D eigenvalue weighted by molar-refractivity contribution is 0.394. The number of aryl methyl sites for hydroxylation is 1. The first kappa shape index (κ1) is 11.8. The smallest absolute Gasteiger partial charge is 0.257 e. The van der Waals surface area contributed by atoms with E-state index in [0.717, 1.165) is 24.2 Å². The van der Waals surface area contributed by atoms with Crippen LogP contribution in [-0.4, -0.2) is 17.1 Å². The Labute approximate surface area is 90.9 Å². The van der Waals surface area contributed by atoms with Gasteiger partial charge in [0.05, 0.1) is 18.5 Å². The summed E-state index contributed by atoms with van der Waals surface area (Å²) in [5, 5.41) is 0. The summed E-state index contributed by atoms with van der Waals surface area (Å²) >= 11 is 0. The molecule has 0 unspecified atom stereocenters. The molecule has 0 saturated heterocycles. The SMILES string of the molecule is CCC(CC)c1nc(OC)c(N)nc1C. The van der Waals surface area contributed by atoms with E-state index >= 15 is 0 Å². The largest absolute Gasteiger partial charge is 0.478 e. The third kappa shape index (κ3) is 2.37. The molecule has 15 heavy (non-hydrogen) atoms. The first-order valence-corrected chi connectivity index (χ1v) is 5.31. The number of nitrogens with zero attached hydrogens (tertiary/aromatic N) is 2. The van der Waals surface area contributed by atoms with Gasteiger partial charge in [-0.15, -0.1) is 0 Å². The predicted octanol–water partition coefficient (Wildman–Crippen LogP) is 2.28. The number of hydrogen-bond acceptors (Lipinski definition) is 4. The van der Waals surface area contributed by atoms with E-state index in [-0.39, 0.29) is 0 Å². The lowest BCUT2D eigenvalue weighted by atomic mass is 9.98. The molecular formula is C11H19N3O. The van der Waals surface area contributed by atoms with Gasteiger partial charge in [-0.1, -0.05) is 13.8 Å². The van der Waals surface area contributed by atoms with Gasteiger partial charge in [0.25, 0.3) is 5.88 Å². The number of anilines is 1. The highest BCUT2D eigenvalue weighted by molar-refractivity contribution is 5.42. The van der Waals surface area contributed by atoms with E-state index in [4.69, 9.17) is 10.5 Å². The van der Waals surface area contributed by atoms with E-state index in [9.17, 15) is 0 Å². The second-order valence-electron chi connectivity index (χ2n) is 3.60. The zero-order valence-electron chi connectivity index (χ0n) is 9.87. The molecule has 0 aliphatic rings. The molecule has 0 amide bonds. The molecule has 4 heteroatoms. The molecule has 0 aromatic carbocycles. The molecule has 2 N–H and O–H groups in total. The highest BCUT2D eigenvalue weighted by Crippen LogP contribution is 2.27. The summed E-state index contributed by atoms with van der Waals surface area (Å²) in [6, 6.07) is 0. The summed E-state index contributed by atoms with van der Waals surface area (Å²) in [4.78, 5) is 8.67. The van der Waals surface area contributed by atoms with Gasteiger partial charge in [0, 0.05) is 5.92 Å². The van der Waals surface area contributed by atoms with Crippen LogP contribution in [0.15, 0.2) is 0 Å². The van der Waals surface area contributed by atoms with Crippen LogP contribution in [0.5, 0.6) is 5.88 Å². The first-order chi connectivity index (χ1) is 7.13. The Kier molecular flexibility index (Phi) is 3.88. The van der Waals surface area contributed by atoms with Gasteiger partial charge in [0.1, 0.15) is 0 Å². The minimum Gasteiger partial charge on any atom is -0.478 e. The zero-order valence-corrected chi connectivity index (χ0v) is 9.87. The number of nitrogens with two attached hydrogens (primary N) is 1. The Hall–Kier alpha value is -1.32. The van der Waals surface area contributed by atoms with Crippen LogP contribution in [0.2, 0.25) is 0 Å². The van der Waals surface area contributed by atoms with Crippen LogP contribution in [0.1, 0.15) is 44.0 Å². The van der Waals surface area contributed by atoms with Crippen LogP contribution in [0.25, 0.3) is 0 Å². The van der Waals surface area contributed by atoms with E-state index in [1.807, 2.05) is 6.92 Å². The molecule has 84 valence electrons. The lowest BCUT2D eigenvalue weighted by Gasteiger charge is -2.15. The number of ether oxygens (including phenoxy) is 1. The molecule has 4 nitrogen and oxygen atoms in total. The standard InChI is InChI=1S/C11H19N3O/c1-5-8(6-2)9-7(3)13-10(12)11(14-9)15-4/h8H,5-6H2,1-4H3,(H2,12,13). The fraction of sp³-hybridized carbons (Fsp3) is 0.636. The maximum Gasteiger partial charge on any atom is 0.257 e. The van der Waals surface area contributed by atoms with Gasteiger partial charge in [-0.25, -0.2) is 9.97 Å². The van der Waals surface area contributed by atoms with E-state index < -0.39 is 0 Å². The summed E-state index contributed by atoms with van der Waals surface area (Å²) in [5.74, 6) is 1.24. The van der Waals surface area contributed by atoms with Gasteiger partial charge >= 0.3 is 0 Å². The van der Waals surface area contributed by atoms with Crippen LogP contribution >= 0.6 is 0 Å². The first-order valence-electron chi connectivity index (χ1n) is 5.31. The fourth-order valence-electron chi connectivity index (χ4n) is 1.75. The number of nitrogen functional groups attached to an aromatic ring is 1. The van der Waals surface area contributed by atoms with Gasteiger partial charge in [-0.05, 0) is 19.8 Å². The van der Waals surface area contributed by atoms with E-state index in [2.05, 4.69) is 23.8 Å². The van der Waals surface area contributed by atoms with Crippen molar-refractivity contribution in [3.8, 4) is 5.88 Å². The van der Waals surface area contributed by atoms with E-state index in [1.54, 1.807) is 7.11 Å². The summed E-state index contributed by atoms with van der Waals surface area (Å²) < 4.78 is 5.08. The quantitative estimate of drug-likeness (QED) is 0.826. The molecule has 1 aromatic rings. The van der Waals surface area contributed by atoms with Crippen LogP contribution in [0.4, 0.5) is 5.82 Å². The molecule has 1 rings (SSSR count). The maximum atomic E-state index is 5.69. The summed E-state index contributed by atoms with van der Waals surface area (Å²) in [6.07, 6.45) is 2.11. The second kappa shape index (κ2) is 4.96. The number of rotatable bonds is 4. The van der Waals surface area contributed by atoms with Gasteiger partial charge in [0.2, 0.25) is 0 Å². The van der Waals surface area contributed by atoms with Gasteiger partial charge < -0.3 is 10.5 Å². The van der Waals surface area contributed by atoms with Crippen molar-refractivity contribution in [3.63, 3.8) is 0 Å². The summed E-state index contributed by atoms with van der Waals surface area (Å²) in [5.41, 5.74) is 7.60. The molecular weight excluding hydrogens is 190 g/mol. The van der Waals surface area contributed by atoms with Crippen LogP contribution < -0.4 is 10.5 Å². The second-order valence-corrected chi connectivity index (χ2v) is 3.60.